The molecule has 0 saturated carbocycles. The molecular formula is C23H39N5O4. The lowest BCUT2D eigenvalue weighted by atomic mass is 9.69. The summed E-state index contributed by atoms with van der Waals surface area (Å²) in [5.41, 5.74) is -0.265. The van der Waals surface area contributed by atoms with E-state index >= 15 is 0 Å². The minimum atomic E-state index is -0.265. The van der Waals surface area contributed by atoms with E-state index in [0.29, 0.717) is 18.0 Å². The molecule has 3 aliphatic heterocycles. The first-order valence-electron chi connectivity index (χ1n) is 12.1. The lowest BCUT2D eigenvalue weighted by Gasteiger charge is -2.38. The number of aromatic nitrogens is 3. The molecule has 0 aromatic carbocycles. The Kier molecular flexibility index (Phi) is 8.64. The lowest BCUT2D eigenvalue weighted by Crippen LogP contribution is -2.52. The van der Waals surface area contributed by atoms with Gasteiger partial charge >= 0.3 is 0 Å². The number of carbonyl (C=O) groups is 2. The van der Waals surface area contributed by atoms with Crippen molar-refractivity contribution < 1.29 is 19.4 Å². The zero-order valence-corrected chi connectivity index (χ0v) is 19.7. The predicted molar refractivity (Wildman–Crippen MR) is 120 cm³/mol. The van der Waals surface area contributed by atoms with Crippen LogP contribution in [0, 0.1) is 11.3 Å². The number of carbonyl (C=O) groups excluding carboxylic acids is 1. The predicted octanol–water partition coefficient (Wildman–Crippen LogP) is 2.52. The minimum Gasteiger partial charge on any atom is -0.483 e. The van der Waals surface area contributed by atoms with Crippen LogP contribution >= 0.6 is 0 Å². The summed E-state index contributed by atoms with van der Waals surface area (Å²) >= 11 is 0. The zero-order chi connectivity index (χ0) is 23.1. The van der Waals surface area contributed by atoms with Crippen molar-refractivity contribution in [1.29, 1.82) is 0 Å². The van der Waals surface area contributed by atoms with Gasteiger partial charge in [0.2, 0.25) is 5.91 Å². The minimum absolute atomic E-state index is 0.250. The maximum absolute atomic E-state index is 13.7. The number of amides is 1. The van der Waals surface area contributed by atoms with Crippen molar-refractivity contribution in [3.8, 4) is 0 Å². The molecule has 4 heterocycles. The number of H-pyrrole nitrogens is 1. The third kappa shape index (κ3) is 5.49. The topological polar surface area (TPSA) is 120 Å². The number of nitrogens with zero attached hydrogens (tertiary/aromatic N) is 3. The van der Waals surface area contributed by atoms with Crippen LogP contribution in [-0.4, -0.2) is 68.9 Å². The maximum atomic E-state index is 13.7. The van der Waals surface area contributed by atoms with Crippen molar-refractivity contribution in [2.45, 2.75) is 96.8 Å². The molecule has 3 aliphatic rings. The van der Waals surface area contributed by atoms with Crippen LogP contribution in [-0.2, 0) is 27.3 Å². The lowest BCUT2D eigenvalue weighted by molar-refractivity contribution is -0.135. The Morgan fingerprint density at radius 2 is 2.06 bits per heavy atom. The second-order valence-corrected chi connectivity index (χ2v) is 9.73. The summed E-state index contributed by atoms with van der Waals surface area (Å²) in [6.07, 6.45) is 8.06. The largest absolute Gasteiger partial charge is 0.483 e. The molecule has 1 amide bonds. The molecule has 180 valence electrons. The van der Waals surface area contributed by atoms with Gasteiger partial charge in [0.1, 0.15) is 11.6 Å². The molecule has 3 N–H and O–H groups in total. The van der Waals surface area contributed by atoms with Crippen LogP contribution in [0.25, 0.3) is 0 Å². The second kappa shape index (κ2) is 11.2. The molecule has 2 bridgehead atoms. The van der Waals surface area contributed by atoms with Gasteiger partial charge in [-0.2, -0.15) is 5.10 Å². The second-order valence-electron chi connectivity index (χ2n) is 9.73. The Morgan fingerprint density at radius 3 is 2.69 bits per heavy atom. The van der Waals surface area contributed by atoms with Crippen LogP contribution in [0.15, 0.2) is 0 Å². The molecule has 0 aliphatic carbocycles. The van der Waals surface area contributed by atoms with Gasteiger partial charge in [0.05, 0.1) is 12.0 Å². The van der Waals surface area contributed by atoms with E-state index < -0.39 is 0 Å². The normalized spacial score (nSPS) is 27.9. The SMILES string of the molecule is CCc1n[nH]c(CN2[C@@H]3CC[C@H]2[C@@](CCC(C)C)(C(=O)NC2CCOCC2)C3)n1.O=CO. The molecule has 0 spiro atoms. The van der Waals surface area contributed by atoms with Crippen molar-refractivity contribution in [1.82, 2.24) is 25.4 Å². The van der Waals surface area contributed by atoms with E-state index in [0.717, 1.165) is 76.4 Å². The molecular weight excluding hydrogens is 410 g/mol. The first-order chi connectivity index (χ1) is 15.4. The fourth-order valence-electron chi connectivity index (χ4n) is 5.63. The monoisotopic (exact) mass is 449 g/mol. The summed E-state index contributed by atoms with van der Waals surface area (Å²) in [7, 11) is 0. The highest BCUT2D eigenvalue weighted by Crippen LogP contribution is 2.53. The van der Waals surface area contributed by atoms with Crippen LogP contribution in [0.2, 0.25) is 0 Å². The number of aryl methyl sites for hydroxylation is 1. The highest BCUT2D eigenvalue weighted by atomic mass is 16.5. The summed E-state index contributed by atoms with van der Waals surface area (Å²) in [5, 5.41) is 17.7. The van der Waals surface area contributed by atoms with Crippen LogP contribution in [0.5, 0.6) is 0 Å². The molecule has 0 unspecified atom stereocenters. The number of rotatable bonds is 8. The van der Waals surface area contributed by atoms with Gasteiger partial charge in [-0.05, 0) is 50.9 Å². The van der Waals surface area contributed by atoms with E-state index in [-0.39, 0.29) is 23.8 Å². The molecule has 4 rings (SSSR count). The first kappa shape index (κ1) is 24.6. The maximum Gasteiger partial charge on any atom is 0.290 e. The number of nitrogens with one attached hydrogen (secondary N) is 2. The number of fused-ring (bicyclic) bond motifs is 2. The molecule has 0 radical (unpaired) electrons. The van der Waals surface area contributed by atoms with Gasteiger partial charge in [0.15, 0.2) is 0 Å². The van der Waals surface area contributed by atoms with E-state index in [1.807, 2.05) is 0 Å². The Bertz CT molecular complexity index is 749. The number of hydrogen-bond donors (Lipinski definition) is 3. The van der Waals surface area contributed by atoms with Gasteiger partial charge in [-0.15, -0.1) is 0 Å². The van der Waals surface area contributed by atoms with Crippen molar-refractivity contribution in [3.05, 3.63) is 11.6 Å². The zero-order valence-electron chi connectivity index (χ0n) is 19.7. The fourth-order valence-corrected chi connectivity index (χ4v) is 5.63. The summed E-state index contributed by atoms with van der Waals surface area (Å²) in [5.74, 6) is 2.70. The summed E-state index contributed by atoms with van der Waals surface area (Å²) in [6.45, 7) is 8.63. The van der Waals surface area contributed by atoms with Crippen LogP contribution in [0.4, 0.5) is 0 Å². The van der Waals surface area contributed by atoms with Crippen LogP contribution in [0.1, 0.15) is 77.4 Å². The standard InChI is InChI=1S/C22H37N5O2.CH2O2/c1-4-19-24-20(26-25-19)14-27-17-5-6-18(27)22(13-17,10-7-15(2)3)21(28)23-16-8-11-29-12-9-16;2-1-3/h15-18H,4-14H2,1-3H3,(H,23,28)(H,24,25,26);1H,(H,2,3)/t17-,18+,22+;/m1./s1. The average molecular weight is 450 g/mol. The van der Waals surface area contributed by atoms with Crippen LogP contribution < -0.4 is 5.32 Å². The van der Waals surface area contributed by atoms with Crippen molar-refractivity contribution in [2.75, 3.05) is 13.2 Å². The number of ether oxygens (including phenoxy) is 1. The van der Waals surface area contributed by atoms with Gasteiger partial charge in [-0.1, -0.05) is 20.8 Å². The van der Waals surface area contributed by atoms with Crippen molar-refractivity contribution in [2.24, 2.45) is 11.3 Å². The molecule has 3 fully saturated rings. The van der Waals surface area contributed by atoms with Gasteiger partial charge in [0.25, 0.3) is 6.47 Å². The molecule has 32 heavy (non-hydrogen) atoms. The van der Waals surface area contributed by atoms with Gasteiger partial charge < -0.3 is 15.2 Å². The van der Waals surface area contributed by atoms with Gasteiger partial charge in [-0.25, -0.2) is 4.98 Å². The van der Waals surface area contributed by atoms with Crippen molar-refractivity contribution >= 4 is 12.4 Å². The van der Waals surface area contributed by atoms with E-state index in [4.69, 9.17) is 14.6 Å². The summed E-state index contributed by atoms with van der Waals surface area (Å²) in [6, 6.07) is 1.05. The molecule has 1 aromatic heterocycles. The molecule has 9 nitrogen and oxygen atoms in total. The summed E-state index contributed by atoms with van der Waals surface area (Å²) < 4.78 is 5.48. The van der Waals surface area contributed by atoms with E-state index in [1.54, 1.807) is 0 Å². The molecule has 9 heteroatoms. The quantitative estimate of drug-likeness (QED) is 0.522. The molecule has 3 saturated heterocycles. The Hall–Kier alpha value is -2.00. The molecule has 3 atom stereocenters. The Labute approximate surface area is 190 Å². The van der Waals surface area contributed by atoms with E-state index in [9.17, 15) is 4.79 Å². The average Bonchev–Trinajstić information content (AvgIpc) is 3.48. The van der Waals surface area contributed by atoms with Crippen LogP contribution in [0.3, 0.4) is 0 Å². The van der Waals surface area contributed by atoms with Crippen molar-refractivity contribution in [3.63, 3.8) is 0 Å². The highest BCUT2D eigenvalue weighted by Gasteiger charge is 2.59. The number of aromatic amines is 1. The smallest absolute Gasteiger partial charge is 0.290 e. The summed E-state index contributed by atoms with van der Waals surface area (Å²) in [4.78, 5) is 29.2. The van der Waals surface area contributed by atoms with Gasteiger partial charge in [0, 0.05) is 37.8 Å². The Morgan fingerprint density at radius 1 is 1.34 bits per heavy atom. The third-order valence-electron chi connectivity index (χ3n) is 7.28. The van der Waals surface area contributed by atoms with E-state index in [2.05, 4.69) is 46.2 Å². The molecule has 1 aromatic rings. The van der Waals surface area contributed by atoms with Gasteiger partial charge in [-0.3, -0.25) is 19.6 Å². The van der Waals surface area contributed by atoms with E-state index in [1.165, 1.54) is 6.42 Å². The number of hydrogen-bond acceptors (Lipinski definition) is 6. The first-order valence-corrected chi connectivity index (χ1v) is 12.1. The Balaban J connectivity index is 0.000000913. The third-order valence-corrected chi connectivity index (χ3v) is 7.28. The number of carboxylic acid groups (broad SMARTS) is 1. The highest BCUT2D eigenvalue weighted by molar-refractivity contribution is 5.84. The fraction of sp³-hybridized carbons (Fsp3) is 0.826.